The number of H-pyrrole nitrogens is 1. The molecule has 5 heteroatoms. The highest BCUT2D eigenvalue weighted by Crippen LogP contribution is 2.33. The molecule has 1 fully saturated rings. The number of amides is 1. The first kappa shape index (κ1) is 12.9. The van der Waals surface area contributed by atoms with Crippen LogP contribution in [0.5, 0.6) is 0 Å². The Bertz CT molecular complexity index is 554. The zero-order valence-electron chi connectivity index (χ0n) is 11.1. The second kappa shape index (κ2) is 5.88. The molecule has 2 atom stereocenters. The van der Waals surface area contributed by atoms with Gasteiger partial charge in [-0.3, -0.25) is 9.89 Å². The molecule has 1 saturated heterocycles. The van der Waals surface area contributed by atoms with Crippen LogP contribution in [0, 0.1) is 5.92 Å². The highest BCUT2D eigenvalue weighted by molar-refractivity contribution is 5.93. The molecule has 2 heterocycles. The Morgan fingerprint density at radius 3 is 3.00 bits per heavy atom. The minimum atomic E-state index is -0.0996. The van der Waals surface area contributed by atoms with E-state index in [1.54, 1.807) is 6.20 Å². The number of carbonyl (C=O) groups excluding carboxylic acids is 1. The van der Waals surface area contributed by atoms with E-state index in [2.05, 4.69) is 27.6 Å². The van der Waals surface area contributed by atoms with Gasteiger partial charge in [0.1, 0.15) is 0 Å². The van der Waals surface area contributed by atoms with Crippen LogP contribution in [0.2, 0.25) is 0 Å². The van der Waals surface area contributed by atoms with Crippen molar-refractivity contribution in [3.8, 4) is 0 Å². The zero-order chi connectivity index (χ0) is 13.8. The molecule has 1 aliphatic heterocycles. The summed E-state index contributed by atoms with van der Waals surface area (Å²) in [5.41, 5.74) is 1.73. The molecule has 2 aromatic rings. The molecule has 1 aromatic heterocycles. The monoisotopic (exact) mass is 271 g/mol. The first-order valence-corrected chi connectivity index (χ1v) is 6.78. The van der Waals surface area contributed by atoms with Crippen molar-refractivity contribution < 1.29 is 9.53 Å². The van der Waals surface area contributed by atoms with Crippen LogP contribution in [0.15, 0.2) is 42.7 Å². The third-order valence-electron chi connectivity index (χ3n) is 3.63. The van der Waals surface area contributed by atoms with Crippen LogP contribution in [0.4, 0.5) is 0 Å². The lowest BCUT2D eigenvalue weighted by Gasteiger charge is -2.19. The van der Waals surface area contributed by atoms with Gasteiger partial charge in [0.15, 0.2) is 0 Å². The Morgan fingerprint density at radius 1 is 1.40 bits per heavy atom. The Labute approximate surface area is 117 Å². The standard InChI is InChI=1S/C15H17N3O2/c19-15(13-9-17-18-10-13)16-8-12-6-7-20-14(12)11-4-2-1-3-5-11/h1-5,9-10,12,14H,6-8H2,(H,16,19)(H,17,18)/t12-,14-/m0/s1. The van der Waals surface area contributed by atoms with Crippen molar-refractivity contribution in [1.29, 1.82) is 0 Å². The molecule has 0 aliphatic carbocycles. The number of hydrogen-bond donors (Lipinski definition) is 2. The maximum absolute atomic E-state index is 11.9. The molecule has 0 spiro atoms. The topological polar surface area (TPSA) is 67.0 Å². The van der Waals surface area contributed by atoms with Crippen molar-refractivity contribution in [2.75, 3.05) is 13.2 Å². The van der Waals surface area contributed by atoms with Crippen molar-refractivity contribution in [3.63, 3.8) is 0 Å². The lowest BCUT2D eigenvalue weighted by atomic mass is 9.95. The predicted molar refractivity (Wildman–Crippen MR) is 74.2 cm³/mol. The largest absolute Gasteiger partial charge is 0.373 e. The molecule has 1 amide bonds. The number of nitrogens with one attached hydrogen (secondary N) is 2. The van der Waals surface area contributed by atoms with Gasteiger partial charge in [-0.15, -0.1) is 0 Å². The molecule has 0 radical (unpaired) electrons. The van der Waals surface area contributed by atoms with E-state index in [0.29, 0.717) is 18.0 Å². The normalized spacial score (nSPS) is 21.8. The highest BCUT2D eigenvalue weighted by Gasteiger charge is 2.29. The lowest BCUT2D eigenvalue weighted by molar-refractivity contribution is 0.0846. The lowest BCUT2D eigenvalue weighted by Crippen LogP contribution is -2.30. The summed E-state index contributed by atoms with van der Waals surface area (Å²) in [5, 5.41) is 9.36. The third-order valence-corrected chi connectivity index (χ3v) is 3.63. The van der Waals surface area contributed by atoms with E-state index < -0.39 is 0 Å². The highest BCUT2D eigenvalue weighted by atomic mass is 16.5. The second-order valence-corrected chi connectivity index (χ2v) is 4.95. The van der Waals surface area contributed by atoms with Crippen molar-refractivity contribution in [3.05, 3.63) is 53.9 Å². The molecule has 3 rings (SSSR count). The predicted octanol–water partition coefficient (Wildman–Crippen LogP) is 1.92. The van der Waals surface area contributed by atoms with E-state index in [9.17, 15) is 4.79 Å². The number of benzene rings is 1. The Morgan fingerprint density at radius 2 is 2.25 bits per heavy atom. The fourth-order valence-electron chi connectivity index (χ4n) is 2.55. The number of ether oxygens (including phenoxy) is 1. The van der Waals surface area contributed by atoms with Gasteiger partial charge in [0.2, 0.25) is 0 Å². The summed E-state index contributed by atoms with van der Waals surface area (Å²) in [6.07, 6.45) is 4.15. The number of carbonyl (C=O) groups is 1. The quantitative estimate of drug-likeness (QED) is 0.892. The zero-order valence-corrected chi connectivity index (χ0v) is 11.1. The van der Waals surface area contributed by atoms with Crippen molar-refractivity contribution in [1.82, 2.24) is 15.5 Å². The van der Waals surface area contributed by atoms with E-state index in [1.165, 1.54) is 11.8 Å². The van der Waals surface area contributed by atoms with Crippen LogP contribution in [0.3, 0.4) is 0 Å². The van der Waals surface area contributed by atoms with Gasteiger partial charge in [0, 0.05) is 25.3 Å². The van der Waals surface area contributed by atoms with Crippen LogP contribution in [0.25, 0.3) is 0 Å². The molecule has 2 N–H and O–H groups in total. The fourth-order valence-corrected chi connectivity index (χ4v) is 2.55. The first-order valence-electron chi connectivity index (χ1n) is 6.78. The van der Waals surface area contributed by atoms with E-state index in [-0.39, 0.29) is 12.0 Å². The van der Waals surface area contributed by atoms with E-state index in [4.69, 9.17) is 4.74 Å². The minimum absolute atomic E-state index is 0.0702. The van der Waals surface area contributed by atoms with Crippen molar-refractivity contribution in [2.24, 2.45) is 5.92 Å². The summed E-state index contributed by atoms with van der Waals surface area (Å²) in [4.78, 5) is 11.9. The summed E-state index contributed by atoms with van der Waals surface area (Å²) >= 11 is 0. The number of rotatable bonds is 4. The molecule has 0 saturated carbocycles. The number of aromatic amines is 1. The van der Waals surface area contributed by atoms with E-state index >= 15 is 0 Å². The molecular formula is C15H17N3O2. The minimum Gasteiger partial charge on any atom is -0.373 e. The second-order valence-electron chi connectivity index (χ2n) is 4.95. The van der Waals surface area contributed by atoms with Gasteiger partial charge in [0.25, 0.3) is 5.91 Å². The van der Waals surface area contributed by atoms with Crippen molar-refractivity contribution >= 4 is 5.91 Å². The average Bonchev–Trinajstić information content (AvgIpc) is 3.17. The van der Waals surface area contributed by atoms with Gasteiger partial charge in [-0.1, -0.05) is 30.3 Å². The Kier molecular flexibility index (Phi) is 3.78. The summed E-state index contributed by atoms with van der Waals surface area (Å²) in [5.74, 6) is 0.214. The van der Waals surface area contributed by atoms with Gasteiger partial charge in [-0.25, -0.2) is 0 Å². The maximum atomic E-state index is 11.9. The molecule has 0 unspecified atom stereocenters. The van der Waals surface area contributed by atoms with Gasteiger partial charge in [-0.05, 0) is 12.0 Å². The molecule has 0 bridgehead atoms. The summed E-state index contributed by atoms with van der Waals surface area (Å²) in [6, 6.07) is 10.2. The van der Waals surface area contributed by atoms with Crippen LogP contribution < -0.4 is 5.32 Å². The first-order chi connectivity index (χ1) is 9.84. The third kappa shape index (κ3) is 2.72. The Hall–Kier alpha value is -2.14. The summed E-state index contributed by atoms with van der Waals surface area (Å²) in [7, 11) is 0. The summed E-state index contributed by atoms with van der Waals surface area (Å²) in [6.45, 7) is 1.36. The van der Waals surface area contributed by atoms with Crippen LogP contribution in [0.1, 0.15) is 28.4 Å². The SMILES string of the molecule is O=C(NC[C@@H]1CCO[C@H]1c1ccccc1)c1cn[nH]c1. The average molecular weight is 271 g/mol. The molecular weight excluding hydrogens is 254 g/mol. The number of hydrogen-bond acceptors (Lipinski definition) is 3. The van der Waals surface area contributed by atoms with Crippen LogP contribution in [-0.4, -0.2) is 29.3 Å². The molecule has 104 valence electrons. The summed E-state index contributed by atoms with van der Waals surface area (Å²) < 4.78 is 5.80. The maximum Gasteiger partial charge on any atom is 0.254 e. The molecule has 20 heavy (non-hydrogen) atoms. The van der Waals surface area contributed by atoms with E-state index in [1.807, 2.05) is 18.2 Å². The number of aromatic nitrogens is 2. The smallest absolute Gasteiger partial charge is 0.254 e. The Balaban J connectivity index is 1.61. The van der Waals surface area contributed by atoms with Gasteiger partial charge >= 0.3 is 0 Å². The molecule has 1 aliphatic rings. The van der Waals surface area contributed by atoms with Crippen LogP contribution in [-0.2, 0) is 4.74 Å². The van der Waals surface area contributed by atoms with Crippen LogP contribution >= 0.6 is 0 Å². The van der Waals surface area contributed by atoms with Gasteiger partial charge in [0.05, 0.1) is 17.9 Å². The van der Waals surface area contributed by atoms with E-state index in [0.717, 1.165) is 13.0 Å². The molecule has 5 nitrogen and oxygen atoms in total. The molecule has 1 aromatic carbocycles. The van der Waals surface area contributed by atoms with Gasteiger partial charge in [-0.2, -0.15) is 5.10 Å². The van der Waals surface area contributed by atoms with Gasteiger partial charge < -0.3 is 10.1 Å². The fraction of sp³-hybridized carbons (Fsp3) is 0.333. The number of nitrogens with zero attached hydrogens (tertiary/aromatic N) is 1. The van der Waals surface area contributed by atoms with Crippen molar-refractivity contribution in [2.45, 2.75) is 12.5 Å².